The summed E-state index contributed by atoms with van der Waals surface area (Å²) in [5.41, 5.74) is 6.47. The van der Waals surface area contributed by atoms with Crippen LogP contribution >= 0.6 is 0 Å². The number of likely N-dealkylation sites (tertiary alicyclic amines) is 1. The van der Waals surface area contributed by atoms with Gasteiger partial charge in [-0.1, -0.05) is 5.16 Å². The van der Waals surface area contributed by atoms with Crippen LogP contribution in [0.4, 0.5) is 5.88 Å². The normalized spacial score (nSPS) is 24.4. The van der Waals surface area contributed by atoms with Gasteiger partial charge in [0.15, 0.2) is 0 Å². The molecular weight excluding hydrogens is 244 g/mol. The molecule has 1 saturated heterocycles. The monoisotopic (exact) mass is 266 g/mol. The molecule has 0 aromatic carbocycles. The van der Waals surface area contributed by atoms with Crippen molar-refractivity contribution in [3.05, 3.63) is 11.8 Å². The van der Waals surface area contributed by atoms with Gasteiger partial charge in [-0.15, -0.1) is 0 Å². The first-order valence-corrected chi connectivity index (χ1v) is 6.75. The van der Waals surface area contributed by atoms with E-state index in [4.69, 9.17) is 10.3 Å². The van der Waals surface area contributed by atoms with Gasteiger partial charge in [-0.2, -0.15) is 0 Å². The smallest absolute Gasteiger partial charge is 0.240 e. The largest absolute Gasteiger partial charge is 0.338 e. The Morgan fingerprint density at radius 3 is 3.05 bits per heavy atom. The molecular formula is C13H22N4O2. The third-order valence-corrected chi connectivity index (χ3v) is 3.68. The summed E-state index contributed by atoms with van der Waals surface area (Å²) in [5, 5.41) is 6.46. The SMILES string of the molecule is Cc1cc(NC(=O)CN2CC(CN)CCC2C)on1. The Bertz CT molecular complexity index is 432. The minimum atomic E-state index is -0.0688. The molecule has 0 saturated carbocycles. The molecule has 6 nitrogen and oxygen atoms in total. The average molecular weight is 266 g/mol. The topological polar surface area (TPSA) is 84.4 Å². The van der Waals surface area contributed by atoms with Crippen LogP contribution in [-0.2, 0) is 4.79 Å². The second kappa shape index (κ2) is 6.16. The molecule has 1 aliphatic rings. The van der Waals surface area contributed by atoms with Crippen molar-refractivity contribution in [3.63, 3.8) is 0 Å². The zero-order valence-electron chi connectivity index (χ0n) is 11.6. The van der Waals surface area contributed by atoms with Gasteiger partial charge in [0.25, 0.3) is 0 Å². The van der Waals surface area contributed by atoms with E-state index >= 15 is 0 Å². The number of carbonyl (C=O) groups is 1. The highest BCUT2D eigenvalue weighted by atomic mass is 16.5. The number of nitrogens with two attached hydrogens (primary N) is 1. The molecule has 2 unspecified atom stereocenters. The Kier molecular flexibility index (Phi) is 4.55. The third kappa shape index (κ3) is 3.78. The van der Waals surface area contributed by atoms with Crippen LogP contribution < -0.4 is 11.1 Å². The molecule has 1 aromatic heterocycles. The highest BCUT2D eigenvalue weighted by Crippen LogP contribution is 2.20. The molecule has 0 bridgehead atoms. The van der Waals surface area contributed by atoms with Crippen molar-refractivity contribution in [3.8, 4) is 0 Å². The lowest BCUT2D eigenvalue weighted by atomic mass is 9.93. The fourth-order valence-corrected chi connectivity index (χ4v) is 2.46. The number of carbonyl (C=O) groups excluding carboxylic acids is 1. The van der Waals surface area contributed by atoms with Crippen LogP contribution in [0, 0.1) is 12.8 Å². The van der Waals surface area contributed by atoms with Crippen molar-refractivity contribution >= 4 is 11.8 Å². The van der Waals surface area contributed by atoms with Gasteiger partial charge < -0.3 is 10.3 Å². The highest BCUT2D eigenvalue weighted by Gasteiger charge is 2.26. The lowest BCUT2D eigenvalue weighted by Gasteiger charge is -2.37. The van der Waals surface area contributed by atoms with Crippen LogP contribution in [0.2, 0.25) is 0 Å². The van der Waals surface area contributed by atoms with E-state index < -0.39 is 0 Å². The van der Waals surface area contributed by atoms with Gasteiger partial charge in [-0.05, 0) is 39.2 Å². The van der Waals surface area contributed by atoms with Crippen LogP contribution in [-0.4, -0.2) is 41.6 Å². The van der Waals surface area contributed by atoms with E-state index in [0.717, 1.165) is 25.1 Å². The minimum absolute atomic E-state index is 0.0688. The van der Waals surface area contributed by atoms with E-state index in [9.17, 15) is 4.79 Å². The van der Waals surface area contributed by atoms with Gasteiger partial charge in [0.2, 0.25) is 11.8 Å². The van der Waals surface area contributed by atoms with E-state index in [2.05, 4.69) is 22.3 Å². The fourth-order valence-electron chi connectivity index (χ4n) is 2.46. The van der Waals surface area contributed by atoms with Gasteiger partial charge in [0, 0.05) is 18.7 Å². The summed E-state index contributed by atoms with van der Waals surface area (Å²) in [6.07, 6.45) is 2.24. The lowest BCUT2D eigenvalue weighted by Crippen LogP contribution is -2.47. The minimum Gasteiger partial charge on any atom is -0.338 e. The van der Waals surface area contributed by atoms with E-state index in [1.807, 2.05) is 6.92 Å². The van der Waals surface area contributed by atoms with Crippen molar-refractivity contribution < 1.29 is 9.32 Å². The first-order valence-electron chi connectivity index (χ1n) is 6.75. The molecule has 2 heterocycles. The number of hydrogen-bond donors (Lipinski definition) is 2. The maximum Gasteiger partial charge on any atom is 0.240 e. The zero-order chi connectivity index (χ0) is 13.8. The van der Waals surface area contributed by atoms with Gasteiger partial charge in [-0.25, -0.2) is 0 Å². The van der Waals surface area contributed by atoms with Crippen LogP contribution in [0.3, 0.4) is 0 Å². The molecule has 2 rings (SSSR count). The fraction of sp³-hybridized carbons (Fsp3) is 0.692. The van der Waals surface area contributed by atoms with Gasteiger partial charge in [0.1, 0.15) is 0 Å². The Labute approximate surface area is 113 Å². The first kappa shape index (κ1) is 14.0. The highest BCUT2D eigenvalue weighted by molar-refractivity contribution is 5.91. The Morgan fingerprint density at radius 2 is 2.42 bits per heavy atom. The molecule has 1 aliphatic heterocycles. The number of anilines is 1. The number of piperidine rings is 1. The summed E-state index contributed by atoms with van der Waals surface area (Å²) in [7, 11) is 0. The third-order valence-electron chi connectivity index (χ3n) is 3.68. The molecule has 1 amide bonds. The van der Waals surface area contributed by atoms with E-state index in [1.165, 1.54) is 0 Å². The van der Waals surface area contributed by atoms with Gasteiger partial charge in [-0.3, -0.25) is 15.0 Å². The van der Waals surface area contributed by atoms with Crippen molar-refractivity contribution in [1.82, 2.24) is 10.1 Å². The summed E-state index contributed by atoms with van der Waals surface area (Å²) in [6, 6.07) is 2.13. The maximum absolute atomic E-state index is 12.0. The van der Waals surface area contributed by atoms with E-state index in [-0.39, 0.29) is 5.91 Å². The van der Waals surface area contributed by atoms with Crippen LogP contribution in [0.1, 0.15) is 25.5 Å². The molecule has 2 atom stereocenters. The lowest BCUT2D eigenvalue weighted by molar-refractivity contribution is -0.118. The summed E-state index contributed by atoms with van der Waals surface area (Å²) < 4.78 is 4.97. The number of nitrogens with one attached hydrogen (secondary N) is 1. The number of rotatable bonds is 4. The van der Waals surface area contributed by atoms with Gasteiger partial charge >= 0.3 is 0 Å². The van der Waals surface area contributed by atoms with Crippen molar-refractivity contribution in [1.29, 1.82) is 0 Å². The molecule has 3 N–H and O–H groups in total. The zero-order valence-corrected chi connectivity index (χ0v) is 11.6. The number of aryl methyl sites for hydroxylation is 1. The molecule has 19 heavy (non-hydrogen) atoms. The first-order chi connectivity index (χ1) is 9.08. The van der Waals surface area contributed by atoms with Gasteiger partial charge in [0.05, 0.1) is 12.2 Å². The number of aromatic nitrogens is 1. The molecule has 0 radical (unpaired) electrons. The number of amides is 1. The Morgan fingerprint density at radius 1 is 1.63 bits per heavy atom. The number of nitrogens with zero attached hydrogens (tertiary/aromatic N) is 2. The summed E-state index contributed by atoms with van der Waals surface area (Å²) in [6.45, 7) is 5.92. The van der Waals surface area contributed by atoms with Crippen LogP contribution in [0.5, 0.6) is 0 Å². The van der Waals surface area contributed by atoms with Crippen molar-refractivity contribution in [2.45, 2.75) is 32.7 Å². The Balaban J connectivity index is 1.86. The summed E-state index contributed by atoms with van der Waals surface area (Å²) in [5.74, 6) is 0.833. The van der Waals surface area contributed by atoms with Crippen LogP contribution in [0.15, 0.2) is 10.6 Å². The maximum atomic E-state index is 12.0. The second-order valence-electron chi connectivity index (χ2n) is 5.34. The summed E-state index contributed by atoms with van der Waals surface area (Å²) in [4.78, 5) is 14.1. The van der Waals surface area contributed by atoms with Crippen molar-refractivity contribution in [2.75, 3.05) is 25.0 Å². The van der Waals surface area contributed by atoms with Crippen LogP contribution in [0.25, 0.3) is 0 Å². The molecule has 0 aliphatic carbocycles. The molecule has 6 heteroatoms. The molecule has 106 valence electrons. The number of hydrogen-bond acceptors (Lipinski definition) is 5. The molecule has 0 spiro atoms. The predicted octanol–water partition coefficient (Wildman–Crippen LogP) is 0.981. The second-order valence-corrected chi connectivity index (χ2v) is 5.34. The Hall–Kier alpha value is -1.40. The molecule has 1 fully saturated rings. The summed E-state index contributed by atoms with van der Waals surface area (Å²) >= 11 is 0. The molecule has 1 aromatic rings. The average Bonchev–Trinajstić information content (AvgIpc) is 2.77. The predicted molar refractivity (Wildman–Crippen MR) is 72.7 cm³/mol. The van der Waals surface area contributed by atoms with E-state index in [0.29, 0.717) is 30.9 Å². The quantitative estimate of drug-likeness (QED) is 0.848. The standard InChI is InChI=1S/C13H22N4O2/c1-9-5-13(19-16-9)15-12(18)8-17-7-11(6-14)4-3-10(17)2/h5,10-11H,3-4,6-8,14H2,1-2H3,(H,15,18). The van der Waals surface area contributed by atoms with Crippen molar-refractivity contribution in [2.24, 2.45) is 11.7 Å². The van der Waals surface area contributed by atoms with E-state index in [1.54, 1.807) is 6.07 Å².